The quantitative estimate of drug-likeness (QED) is 0.800. The molecule has 2 rings (SSSR count). The van der Waals surface area contributed by atoms with Crippen LogP contribution in [0.2, 0.25) is 0 Å². The fourth-order valence-corrected chi connectivity index (χ4v) is 4.26. The maximum absolute atomic E-state index is 12.2. The van der Waals surface area contributed by atoms with Gasteiger partial charge in [-0.3, -0.25) is 4.57 Å². The molecule has 3 unspecified atom stereocenters. The van der Waals surface area contributed by atoms with E-state index in [1.54, 1.807) is 6.92 Å². The minimum atomic E-state index is -3.55. The zero-order valence-electron chi connectivity index (χ0n) is 10.6. The van der Waals surface area contributed by atoms with Crippen molar-refractivity contribution in [2.24, 2.45) is 0 Å². The van der Waals surface area contributed by atoms with Crippen molar-refractivity contribution in [3.63, 3.8) is 0 Å². The molecule has 7 heteroatoms. The van der Waals surface area contributed by atoms with Gasteiger partial charge in [-0.15, -0.1) is 12.4 Å². The van der Waals surface area contributed by atoms with E-state index in [1.165, 1.54) is 0 Å². The molecule has 3 atom stereocenters. The molecule has 1 aromatic carbocycles. The molecule has 1 heterocycles. The highest BCUT2D eigenvalue weighted by molar-refractivity contribution is 9.10. The van der Waals surface area contributed by atoms with E-state index >= 15 is 0 Å². The normalized spacial score (nSPS) is 25.6. The van der Waals surface area contributed by atoms with Gasteiger partial charge in [0, 0.05) is 23.5 Å². The number of hydrogen-bond donors (Lipinski definition) is 2. The SMILES string of the molecule is CCOP(=O)(O)C1CNCC1c1ccc(Br)cc1.Cl. The van der Waals surface area contributed by atoms with Crippen LogP contribution >= 0.6 is 35.9 Å². The van der Waals surface area contributed by atoms with Gasteiger partial charge < -0.3 is 14.7 Å². The van der Waals surface area contributed by atoms with Gasteiger partial charge in [0.25, 0.3) is 0 Å². The van der Waals surface area contributed by atoms with E-state index in [0.29, 0.717) is 13.1 Å². The van der Waals surface area contributed by atoms with E-state index < -0.39 is 7.60 Å². The van der Waals surface area contributed by atoms with E-state index in [2.05, 4.69) is 21.2 Å². The van der Waals surface area contributed by atoms with Crippen molar-refractivity contribution in [1.82, 2.24) is 5.32 Å². The molecule has 1 fully saturated rings. The second kappa shape index (κ2) is 7.21. The summed E-state index contributed by atoms with van der Waals surface area (Å²) in [5, 5.41) is 3.18. The van der Waals surface area contributed by atoms with Gasteiger partial charge in [-0.1, -0.05) is 28.1 Å². The van der Waals surface area contributed by atoms with E-state index in [9.17, 15) is 9.46 Å². The van der Waals surface area contributed by atoms with Crippen molar-refractivity contribution in [2.45, 2.75) is 18.5 Å². The standard InChI is InChI=1S/C12H17BrNO3P.ClH/c1-2-17-18(15,16)12-8-14-7-11(12)9-3-5-10(13)6-4-9;/h3-6,11-12,14H,2,7-8H2,1H3,(H,15,16);1H. The molecule has 0 radical (unpaired) electrons. The summed E-state index contributed by atoms with van der Waals surface area (Å²) in [5.41, 5.74) is 0.709. The van der Waals surface area contributed by atoms with Crippen LogP contribution in [0.25, 0.3) is 0 Å². The minimum absolute atomic E-state index is 0. The largest absolute Gasteiger partial charge is 0.333 e. The third-order valence-electron chi connectivity index (χ3n) is 3.21. The Balaban J connectivity index is 0.00000180. The molecular formula is C12H18BrClNO3P. The van der Waals surface area contributed by atoms with Crippen LogP contribution in [0.15, 0.2) is 28.7 Å². The van der Waals surface area contributed by atoms with Crippen molar-refractivity contribution in [3.05, 3.63) is 34.3 Å². The van der Waals surface area contributed by atoms with Crippen molar-refractivity contribution < 1.29 is 14.0 Å². The second-order valence-corrected chi connectivity index (χ2v) is 7.33. The predicted octanol–water partition coefficient (Wildman–Crippen LogP) is 3.15. The zero-order valence-corrected chi connectivity index (χ0v) is 13.9. The lowest BCUT2D eigenvalue weighted by atomic mass is 9.98. The molecule has 4 nitrogen and oxygen atoms in total. The highest BCUT2D eigenvalue weighted by Gasteiger charge is 2.42. The summed E-state index contributed by atoms with van der Waals surface area (Å²) < 4.78 is 18.2. The molecular weight excluding hydrogens is 352 g/mol. The van der Waals surface area contributed by atoms with Gasteiger partial charge in [0.15, 0.2) is 0 Å². The van der Waals surface area contributed by atoms with Gasteiger partial charge in [-0.25, -0.2) is 0 Å². The van der Waals surface area contributed by atoms with Crippen molar-refractivity contribution in [1.29, 1.82) is 0 Å². The van der Waals surface area contributed by atoms with Gasteiger partial charge in [0.2, 0.25) is 0 Å². The summed E-state index contributed by atoms with van der Waals surface area (Å²) >= 11 is 3.39. The predicted molar refractivity (Wildman–Crippen MR) is 82.2 cm³/mol. The Morgan fingerprint density at radius 2 is 2.05 bits per heavy atom. The van der Waals surface area contributed by atoms with Gasteiger partial charge in [0.1, 0.15) is 0 Å². The Morgan fingerprint density at radius 1 is 1.42 bits per heavy atom. The molecule has 1 saturated heterocycles. The van der Waals surface area contributed by atoms with E-state index in [4.69, 9.17) is 4.52 Å². The molecule has 0 spiro atoms. The first-order valence-corrected chi connectivity index (χ1v) is 8.41. The molecule has 0 saturated carbocycles. The molecule has 0 aliphatic carbocycles. The van der Waals surface area contributed by atoms with Crippen LogP contribution in [0.1, 0.15) is 18.4 Å². The molecule has 2 N–H and O–H groups in total. The van der Waals surface area contributed by atoms with Crippen molar-refractivity contribution in [3.8, 4) is 0 Å². The Bertz CT molecular complexity index is 457. The van der Waals surface area contributed by atoms with E-state index in [1.807, 2.05) is 24.3 Å². The maximum Gasteiger partial charge on any atom is 0.333 e. The van der Waals surface area contributed by atoms with Gasteiger partial charge in [-0.05, 0) is 24.6 Å². The van der Waals surface area contributed by atoms with Crippen LogP contribution in [-0.4, -0.2) is 30.2 Å². The Morgan fingerprint density at radius 3 is 2.63 bits per heavy atom. The summed E-state index contributed by atoms with van der Waals surface area (Å²) in [6, 6.07) is 7.88. The van der Waals surface area contributed by atoms with Crippen LogP contribution < -0.4 is 5.32 Å². The summed E-state index contributed by atoms with van der Waals surface area (Å²) in [6.07, 6.45) is 0. The molecule has 108 valence electrons. The topological polar surface area (TPSA) is 58.6 Å². The second-order valence-electron chi connectivity index (χ2n) is 4.37. The van der Waals surface area contributed by atoms with Crippen LogP contribution in [0, 0.1) is 0 Å². The minimum Gasteiger partial charge on any atom is -0.324 e. The third-order valence-corrected chi connectivity index (χ3v) is 5.75. The lowest BCUT2D eigenvalue weighted by Crippen LogP contribution is -2.19. The highest BCUT2D eigenvalue weighted by Crippen LogP contribution is 2.53. The zero-order chi connectivity index (χ0) is 13.2. The van der Waals surface area contributed by atoms with Crippen molar-refractivity contribution >= 4 is 35.9 Å². The summed E-state index contributed by atoms with van der Waals surface area (Å²) in [6.45, 7) is 3.23. The molecule has 0 bridgehead atoms. The fourth-order valence-electron chi connectivity index (χ4n) is 2.34. The number of rotatable bonds is 4. The average Bonchev–Trinajstić information content (AvgIpc) is 2.79. The average molecular weight is 371 g/mol. The van der Waals surface area contributed by atoms with Gasteiger partial charge in [0.05, 0.1) is 12.3 Å². The van der Waals surface area contributed by atoms with Gasteiger partial charge >= 0.3 is 7.60 Å². The first kappa shape index (κ1) is 17.2. The Labute approximate surface area is 128 Å². The summed E-state index contributed by atoms with van der Waals surface area (Å²) in [7, 11) is -3.55. The van der Waals surface area contributed by atoms with E-state index in [-0.39, 0.29) is 30.6 Å². The smallest absolute Gasteiger partial charge is 0.324 e. The molecule has 19 heavy (non-hydrogen) atoms. The van der Waals surface area contributed by atoms with Crippen LogP contribution in [0.3, 0.4) is 0 Å². The summed E-state index contributed by atoms with van der Waals surface area (Å²) in [5.74, 6) is 0.0282. The van der Waals surface area contributed by atoms with Crippen LogP contribution in [-0.2, 0) is 9.09 Å². The Kier molecular flexibility index (Phi) is 6.51. The van der Waals surface area contributed by atoms with Gasteiger partial charge in [-0.2, -0.15) is 0 Å². The van der Waals surface area contributed by atoms with Crippen LogP contribution in [0.5, 0.6) is 0 Å². The highest BCUT2D eigenvalue weighted by atomic mass is 79.9. The molecule has 0 aromatic heterocycles. The maximum atomic E-state index is 12.2. The lowest BCUT2D eigenvalue weighted by molar-refractivity contribution is 0.263. The number of benzene rings is 1. The third kappa shape index (κ3) is 4.03. The first-order valence-electron chi connectivity index (χ1n) is 5.98. The number of halogens is 2. The Hall–Kier alpha value is 0.1000. The summed E-state index contributed by atoms with van der Waals surface area (Å²) in [4.78, 5) is 9.98. The molecule has 1 aliphatic heterocycles. The first-order chi connectivity index (χ1) is 8.54. The molecule has 0 amide bonds. The van der Waals surface area contributed by atoms with Crippen LogP contribution in [0.4, 0.5) is 0 Å². The molecule has 1 aromatic rings. The number of nitrogens with one attached hydrogen (secondary N) is 1. The van der Waals surface area contributed by atoms with E-state index in [0.717, 1.165) is 10.0 Å². The van der Waals surface area contributed by atoms with Crippen molar-refractivity contribution in [2.75, 3.05) is 19.7 Å². The molecule has 1 aliphatic rings. The monoisotopic (exact) mass is 369 g/mol. The number of hydrogen-bond acceptors (Lipinski definition) is 3. The fraction of sp³-hybridized carbons (Fsp3) is 0.500. The lowest BCUT2D eigenvalue weighted by Gasteiger charge is -2.23.